The van der Waals surface area contributed by atoms with Gasteiger partial charge in [0, 0.05) is 23.9 Å². The number of carbonyl (C=O) groups is 2. The van der Waals surface area contributed by atoms with Crippen molar-refractivity contribution >= 4 is 29.4 Å². The molecule has 0 spiro atoms. The summed E-state index contributed by atoms with van der Waals surface area (Å²) in [7, 11) is 2.66. The zero-order chi connectivity index (χ0) is 22.5. The number of methoxy groups -OCH3 is 2. The van der Waals surface area contributed by atoms with Gasteiger partial charge in [0.15, 0.2) is 0 Å². The average Bonchev–Trinajstić information content (AvgIpc) is 2.77. The maximum absolute atomic E-state index is 10.9. The van der Waals surface area contributed by atoms with Gasteiger partial charge >= 0.3 is 11.9 Å². The Bertz CT molecular complexity index is 1020. The number of esters is 2. The molecule has 2 aromatic rings. The van der Waals surface area contributed by atoms with Crippen molar-refractivity contribution < 1.29 is 19.1 Å². The van der Waals surface area contributed by atoms with Crippen molar-refractivity contribution in [2.75, 3.05) is 25.7 Å². The third-order valence-corrected chi connectivity index (χ3v) is 3.89. The van der Waals surface area contributed by atoms with Crippen molar-refractivity contribution in [3.63, 3.8) is 0 Å². The normalized spacial score (nSPS) is 9.60. The first-order valence-corrected chi connectivity index (χ1v) is 8.75. The quantitative estimate of drug-likeness (QED) is 0.436. The molecule has 2 aromatic carbocycles. The van der Waals surface area contributed by atoms with Crippen molar-refractivity contribution in [1.82, 2.24) is 0 Å². The lowest BCUT2D eigenvalue weighted by atomic mass is 10.1. The van der Waals surface area contributed by atoms with E-state index < -0.39 is 5.97 Å². The van der Waals surface area contributed by atoms with Crippen LogP contribution in [-0.2, 0) is 25.5 Å². The molecule has 0 bridgehead atoms. The maximum Gasteiger partial charge on any atom is 0.330 e. The molecule has 30 heavy (non-hydrogen) atoms. The van der Waals surface area contributed by atoms with E-state index in [1.165, 1.54) is 20.3 Å². The lowest BCUT2D eigenvalue weighted by Gasteiger charge is -2.02. The fraction of sp³-hybridized carbons (Fsp3) is 0.182. The Kier molecular flexibility index (Phi) is 9.67. The Hall–Kier alpha value is -4.30. The van der Waals surface area contributed by atoms with Gasteiger partial charge < -0.3 is 20.9 Å². The number of hydrogen-bond donors (Lipinski definition) is 2. The van der Waals surface area contributed by atoms with Crippen LogP contribution in [0.4, 0.5) is 11.4 Å². The molecule has 0 heterocycles. The summed E-state index contributed by atoms with van der Waals surface area (Å²) >= 11 is 0. The zero-order valence-electron chi connectivity index (χ0n) is 16.7. The van der Waals surface area contributed by atoms with Gasteiger partial charge in [0.2, 0.25) is 0 Å². The second-order valence-corrected chi connectivity index (χ2v) is 5.92. The molecule has 0 fully saturated rings. The Morgan fingerprint density at radius 3 is 2.13 bits per heavy atom. The van der Waals surface area contributed by atoms with Gasteiger partial charge in [0.1, 0.15) is 12.1 Å². The molecule has 154 valence electrons. The summed E-state index contributed by atoms with van der Waals surface area (Å²) in [5.74, 6) is -0.698. The zero-order valence-corrected chi connectivity index (χ0v) is 16.7. The number of benzene rings is 2. The molecule has 2 rings (SSSR count). The van der Waals surface area contributed by atoms with E-state index in [9.17, 15) is 9.59 Å². The van der Waals surface area contributed by atoms with Crippen LogP contribution in [0, 0.1) is 22.7 Å². The molecule has 0 radical (unpaired) electrons. The molecule has 0 aliphatic carbocycles. The lowest BCUT2D eigenvalue weighted by Crippen LogP contribution is -2.02. The highest BCUT2D eigenvalue weighted by molar-refractivity contribution is 5.87. The van der Waals surface area contributed by atoms with E-state index >= 15 is 0 Å². The van der Waals surface area contributed by atoms with Crippen LogP contribution in [0.25, 0.3) is 6.08 Å². The molecule has 0 saturated heterocycles. The van der Waals surface area contributed by atoms with Crippen molar-refractivity contribution in [1.29, 1.82) is 10.5 Å². The average molecular weight is 406 g/mol. The molecule has 8 nitrogen and oxygen atoms in total. The number of nitriles is 2. The highest BCUT2D eigenvalue weighted by Crippen LogP contribution is 2.15. The number of nitrogens with zero attached hydrogens (tertiary/aromatic N) is 2. The fourth-order valence-corrected chi connectivity index (χ4v) is 2.21. The third kappa shape index (κ3) is 7.75. The number of aryl methyl sites for hydroxylation is 1. The molecule has 0 aromatic heterocycles. The van der Waals surface area contributed by atoms with Gasteiger partial charge in [-0.15, -0.1) is 0 Å². The summed E-state index contributed by atoms with van der Waals surface area (Å²) in [6, 6.07) is 14.1. The number of rotatable bonds is 5. The summed E-state index contributed by atoms with van der Waals surface area (Å²) < 4.78 is 8.96. The second kappa shape index (κ2) is 12.2. The lowest BCUT2D eigenvalue weighted by molar-refractivity contribution is -0.140. The number of nitrogens with two attached hydrogens (primary N) is 2. The third-order valence-electron chi connectivity index (χ3n) is 3.89. The summed E-state index contributed by atoms with van der Waals surface area (Å²) in [5, 5.41) is 17.5. The summed E-state index contributed by atoms with van der Waals surface area (Å²) in [6.45, 7) is 0. The van der Waals surface area contributed by atoms with Crippen molar-refractivity contribution in [2.24, 2.45) is 0 Å². The highest BCUT2D eigenvalue weighted by Gasteiger charge is 2.04. The molecule has 8 heteroatoms. The van der Waals surface area contributed by atoms with Crippen LogP contribution in [-0.4, -0.2) is 26.2 Å². The minimum absolute atomic E-state index is 0.259. The largest absolute Gasteiger partial charge is 0.469 e. The number of anilines is 2. The van der Waals surface area contributed by atoms with Crippen LogP contribution in [0.15, 0.2) is 42.5 Å². The number of ether oxygens (including phenoxy) is 2. The summed E-state index contributed by atoms with van der Waals surface area (Å²) in [6.07, 6.45) is 3.71. The van der Waals surface area contributed by atoms with Gasteiger partial charge in [-0.3, -0.25) is 4.79 Å². The standard InChI is InChI=1S/C11H12N2O2.C11H10N2O2/c2*1-15-11(14)5-3-8-2-4-10(13)9(6-8)7-12/h2,4,6H,3,5,13H2,1H3;2-6H,13H2,1H3. The van der Waals surface area contributed by atoms with Gasteiger partial charge in [-0.1, -0.05) is 12.1 Å². The minimum atomic E-state index is -0.440. The Labute approximate surface area is 174 Å². The first kappa shape index (κ1) is 23.7. The van der Waals surface area contributed by atoms with Crippen LogP contribution < -0.4 is 11.5 Å². The van der Waals surface area contributed by atoms with E-state index in [2.05, 4.69) is 9.47 Å². The topological polar surface area (TPSA) is 152 Å². The van der Waals surface area contributed by atoms with E-state index in [-0.39, 0.29) is 5.97 Å². The predicted octanol–water partition coefficient (Wildman–Crippen LogP) is 2.57. The van der Waals surface area contributed by atoms with Gasteiger partial charge in [0.25, 0.3) is 0 Å². The van der Waals surface area contributed by atoms with Gasteiger partial charge in [-0.2, -0.15) is 10.5 Å². The minimum Gasteiger partial charge on any atom is -0.469 e. The monoisotopic (exact) mass is 406 g/mol. The predicted molar refractivity (Wildman–Crippen MR) is 113 cm³/mol. The first-order valence-electron chi connectivity index (χ1n) is 8.75. The Morgan fingerprint density at radius 1 is 0.967 bits per heavy atom. The summed E-state index contributed by atoms with van der Waals surface area (Å²) in [5.41, 5.74) is 14.5. The fourth-order valence-electron chi connectivity index (χ4n) is 2.21. The molecule has 0 aliphatic rings. The Morgan fingerprint density at radius 2 is 1.57 bits per heavy atom. The van der Waals surface area contributed by atoms with Crippen molar-refractivity contribution in [3.05, 3.63) is 64.7 Å². The van der Waals surface area contributed by atoms with Crippen LogP contribution in [0.2, 0.25) is 0 Å². The first-order chi connectivity index (χ1) is 14.3. The van der Waals surface area contributed by atoms with E-state index in [1.54, 1.807) is 42.5 Å². The van der Waals surface area contributed by atoms with Crippen LogP contribution in [0.5, 0.6) is 0 Å². The number of hydrogen-bond acceptors (Lipinski definition) is 8. The molecule has 0 aliphatic heterocycles. The van der Waals surface area contributed by atoms with E-state index in [1.807, 2.05) is 12.1 Å². The molecule has 0 amide bonds. The second-order valence-electron chi connectivity index (χ2n) is 5.92. The SMILES string of the molecule is COC(=O)C=Cc1ccc(N)c(C#N)c1.COC(=O)CCc1ccc(N)c(C#N)c1. The van der Waals surface area contributed by atoms with Crippen molar-refractivity contribution in [3.8, 4) is 12.1 Å². The van der Waals surface area contributed by atoms with Crippen LogP contribution in [0.1, 0.15) is 28.7 Å². The van der Waals surface area contributed by atoms with E-state index in [0.717, 1.165) is 11.1 Å². The molecule has 0 saturated carbocycles. The van der Waals surface area contributed by atoms with Gasteiger partial charge in [-0.25, -0.2) is 4.79 Å². The van der Waals surface area contributed by atoms with E-state index in [0.29, 0.717) is 35.3 Å². The molecule has 4 N–H and O–H groups in total. The van der Waals surface area contributed by atoms with Gasteiger partial charge in [0.05, 0.1) is 25.3 Å². The summed E-state index contributed by atoms with van der Waals surface area (Å²) in [4.78, 5) is 21.7. The number of nitrogen functional groups attached to an aromatic ring is 2. The molecule has 0 atom stereocenters. The smallest absolute Gasteiger partial charge is 0.330 e. The van der Waals surface area contributed by atoms with Crippen LogP contribution >= 0.6 is 0 Å². The van der Waals surface area contributed by atoms with Crippen molar-refractivity contribution in [2.45, 2.75) is 12.8 Å². The number of carbonyl (C=O) groups excluding carboxylic acids is 2. The van der Waals surface area contributed by atoms with Crippen LogP contribution in [0.3, 0.4) is 0 Å². The molecular formula is C22H22N4O4. The Balaban J connectivity index is 0.000000300. The highest BCUT2D eigenvalue weighted by atomic mass is 16.5. The molecular weight excluding hydrogens is 384 g/mol. The van der Waals surface area contributed by atoms with Gasteiger partial charge in [-0.05, 0) is 47.9 Å². The molecule has 0 unspecified atom stereocenters. The van der Waals surface area contributed by atoms with E-state index in [4.69, 9.17) is 22.0 Å². The maximum atomic E-state index is 10.9.